The Kier molecular flexibility index (Phi) is 4.93. The van der Waals surface area contributed by atoms with Crippen molar-refractivity contribution in [2.75, 3.05) is 26.2 Å². The molecule has 0 saturated carbocycles. The van der Waals surface area contributed by atoms with E-state index in [0.29, 0.717) is 17.6 Å². The second-order valence-corrected chi connectivity index (χ2v) is 7.87. The van der Waals surface area contributed by atoms with Gasteiger partial charge in [-0.2, -0.15) is 0 Å². The summed E-state index contributed by atoms with van der Waals surface area (Å²) in [5, 5.41) is 0. The smallest absolute Gasteiger partial charge is 0.195 e. The second kappa shape index (κ2) is 7.86. The summed E-state index contributed by atoms with van der Waals surface area (Å²) in [6.07, 6.45) is 9.22. The highest BCUT2D eigenvalue weighted by Gasteiger charge is 2.27. The second-order valence-electron chi connectivity index (χ2n) is 7.87. The predicted octanol–water partition coefficient (Wildman–Crippen LogP) is 3.41. The standard InChI is InChI=1S/C23H26N4O/c1-2-5-20-14-21(8-7-19(20)4-1)27-11-9-26(10-12-27)17-18-15-24-23(25-16-18)22-6-3-13-28-22/h1-6,13,15-16,21H,7-12,14,17H2/t21-/m1/s1. The van der Waals surface area contributed by atoms with Gasteiger partial charge in [-0.05, 0) is 42.5 Å². The molecule has 1 atom stereocenters. The van der Waals surface area contributed by atoms with E-state index in [2.05, 4.69) is 44.0 Å². The van der Waals surface area contributed by atoms with Crippen LogP contribution in [0.25, 0.3) is 11.6 Å². The first-order chi connectivity index (χ1) is 13.8. The zero-order chi connectivity index (χ0) is 18.8. The van der Waals surface area contributed by atoms with Gasteiger partial charge < -0.3 is 4.42 Å². The minimum atomic E-state index is 0.649. The van der Waals surface area contributed by atoms with Crippen molar-refractivity contribution in [3.05, 3.63) is 71.7 Å². The number of rotatable bonds is 4. The summed E-state index contributed by atoms with van der Waals surface area (Å²) >= 11 is 0. The van der Waals surface area contributed by atoms with Crippen LogP contribution >= 0.6 is 0 Å². The van der Waals surface area contributed by atoms with Crippen molar-refractivity contribution >= 4 is 0 Å². The Morgan fingerprint density at radius 1 is 0.929 bits per heavy atom. The number of aromatic nitrogens is 2. The van der Waals surface area contributed by atoms with Crippen LogP contribution in [-0.2, 0) is 19.4 Å². The molecule has 2 aromatic heterocycles. The van der Waals surface area contributed by atoms with Crippen LogP contribution in [0.4, 0.5) is 0 Å². The Balaban J connectivity index is 1.15. The largest absolute Gasteiger partial charge is 0.461 e. The summed E-state index contributed by atoms with van der Waals surface area (Å²) in [7, 11) is 0. The van der Waals surface area contributed by atoms with E-state index in [4.69, 9.17) is 4.42 Å². The molecule has 1 aromatic carbocycles. The van der Waals surface area contributed by atoms with Gasteiger partial charge in [0.05, 0.1) is 6.26 Å². The summed E-state index contributed by atoms with van der Waals surface area (Å²) in [5.41, 5.74) is 4.26. The van der Waals surface area contributed by atoms with E-state index in [0.717, 1.165) is 38.3 Å². The molecule has 5 heteroatoms. The van der Waals surface area contributed by atoms with Crippen LogP contribution in [-0.4, -0.2) is 52.0 Å². The lowest BCUT2D eigenvalue weighted by atomic mass is 9.87. The Morgan fingerprint density at radius 3 is 2.46 bits per heavy atom. The number of piperazine rings is 1. The summed E-state index contributed by atoms with van der Waals surface area (Å²) in [6.45, 7) is 5.44. The maximum Gasteiger partial charge on any atom is 0.195 e. The molecule has 5 rings (SSSR count). The maximum atomic E-state index is 5.36. The molecule has 28 heavy (non-hydrogen) atoms. The molecule has 1 aliphatic carbocycles. The fourth-order valence-corrected chi connectivity index (χ4v) is 4.50. The van der Waals surface area contributed by atoms with Crippen LogP contribution in [0.15, 0.2) is 59.5 Å². The van der Waals surface area contributed by atoms with Crippen LogP contribution in [0, 0.1) is 0 Å². The number of hydrogen-bond acceptors (Lipinski definition) is 5. The number of benzene rings is 1. The van der Waals surface area contributed by atoms with Gasteiger partial charge in [0.1, 0.15) is 0 Å². The Bertz CT molecular complexity index is 899. The molecular weight excluding hydrogens is 348 g/mol. The van der Waals surface area contributed by atoms with E-state index in [1.54, 1.807) is 17.4 Å². The average molecular weight is 374 g/mol. The molecule has 3 heterocycles. The number of furan rings is 1. The van der Waals surface area contributed by atoms with Gasteiger partial charge in [0.15, 0.2) is 11.6 Å². The minimum Gasteiger partial charge on any atom is -0.461 e. The molecule has 3 aromatic rings. The van der Waals surface area contributed by atoms with E-state index >= 15 is 0 Å². The number of fused-ring (bicyclic) bond motifs is 1. The number of aryl methyl sites for hydroxylation is 1. The van der Waals surface area contributed by atoms with Crippen LogP contribution in [0.2, 0.25) is 0 Å². The van der Waals surface area contributed by atoms with Crippen molar-refractivity contribution in [2.24, 2.45) is 0 Å². The predicted molar refractivity (Wildman–Crippen MR) is 109 cm³/mol. The van der Waals surface area contributed by atoms with Crippen molar-refractivity contribution in [3.8, 4) is 11.6 Å². The molecule has 0 unspecified atom stereocenters. The number of hydrogen-bond donors (Lipinski definition) is 0. The SMILES string of the molecule is c1coc(-c2ncc(CN3CCN([C@@H]4CCc5ccccc5C4)CC3)cn2)c1. The van der Waals surface area contributed by atoms with Gasteiger partial charge in [-0.15, -0.1) is 0 Å². The lowest BCUT2D eigenvalue weighted by Gasteiger charge is -2.41. The third kappa shape index (κ3) is 3.73. The van der Waals surface area contributed by atoms with Crippen molar-refractivity contribution in [1.82, 2.24) is 19.8 Å². The van der Waals surface area contributed by atoms with Crippen LogP contribution in [0.5, 0.6) is 0 Å². The average Bonchev–Trinajstić information content (AvgIpc) is 3.29. The van der Waals surface area contributed by atoms with Crippen molar-refractivity contribution in [3.63, 3.8) is 0 Å². The Labute approximate surface area is 166 Å². The lowest BCUT2D eigenvalue weighted by molar-refractivity contribution is 0.0855. The molecule has 5 nitrogen and oxygen atoms in total. The third-order valence-electron chi connectivity index (χ3n) is 6.10. The summed E-state index contributed by atoms with van der Waals surface area (Å²) in [4.78, 5) is 14.1. The van der Waals surface area contributed by atoms with Gasteiger partial charge in [-0.25, -0.2) is 9.97 Å². The van der Waals surface area contributed by atoms with Gasteiger partial charge in [0.25, 0.3) is 0 Å². The fraction of sp³-hybridized carbons (Fsp3) is 0.391. The van der Waals surface area contributed by atoms with Crippen molar-refractivity contribution in [2.45, 2.75) is 31.8 Å². The van der Waals surface area contributed by atoms with E-state index in [1.165, 1.54) is 19.3 Å². The zero-order valence-electron chi connectivity index (χ0n) is 16.1. The molecule has 0 spiro atoms. The highest BCUT2D eigenvalue weighted by molar-refractivity contribution is 5.45. The molecule has 0 N–H and O–H groups in total. The van der Waals surface area contributed by atoms with E-state index in [9.17, 15) is 0 Å². The molecule has 0 bridgehead atoms. The normalized spacial score (nSPS) is 20.8. The molecular formula is C23H26N4O. The van der Waals surface area contributed by atoms with Gasteiger partial charge in [-0.3, -0.25) is 9.80 Å². The van der Waals surface area contributed by atoms with Crippen LogP contribution < -0.4 is 0 Å². The molecule has 2 aliphatic rings. The van der Waals surface area contributed by atoms with Gasteiger partial charge in [-0.1, -0.05) is 24.3 Å². The van der Waals surface area contributed by atoms with E-state index in [-0.39, 0.29) is 0 Å². The fourth-order valence-electron chi connectivity index (χ4n) is 4.50. The quantitative estimate of drug-likeness (QED) is 0.700. The summed E-state index contributed by atoms with van der Waals surface area (Å²) < 4.78 is 5.36. The minimum absolute atomic E-state index is 0.649. The third-order valence-corrected chi connectivity index (χ3v) is 6.10. The first kappa shape index (κ1) is 17.6. The first-order valence-electron chi connectivity index (χ1n) is 10.2. The monoisotopic (exact) mass is 374 g/mol. The molecule has 144 valence electrons. The molecule has 0 amide bonds. The number of nitrogens with zero attached hydrogens (tertiary/aromatic N) is 4. The highest BCUT2D eigenvalue weighted by Crippen LogP contribution is 2.25. The first-order valence-corrected chi connectivity index (χ1v) is 10.2. The zero-order valence-corrected chi connectivity index (χ0v) is 16.1. The highest BCUT2D eigenvalue weighted by atomic mass is 16.3. The van der Waals surface area contributed by atoms with E-state index in [1.807, 2.05) is 24.5 Å². The molecule has 1 fully saturated rings. The van der Waals surface area contributed by atoms with Gasteiger partial charge in [0.2, 0.25) is 0 Å². The Morgan fingerprint density at radius 2 is 1.71 bits per heavy atom. The maximum absolute atomic E-state index is 5.36. The van der Waals surface area contributed by atoms with Crippen molar-refractivity contribution < 1.29 is 4.42 Å². The van der Waals surface area contributed by atoms with Crippen LogP contribution in [0.1, 0.15) is 23.1 Å². The molecule has 0 radical (unpaired) electrons. The lowest BCUT2D eigenvalue weighted by Crippen LogP contribution is -2.51. The molecule has 1 saturated heterocycles. The topological polar surface area (TPSA) is 45.4 Å². The summed E-state index contributed by atoms with van der Waals surface area (Å²) in [6, 6.07) is 13.4. The van der Waals surface area contributed by atoms with Crippen molar-refractivity contribution in [1.29, 1.82) is 0 Å². The van der Waals surface area contributed by atoms with Gasteiger partial charge in [0, 0.05) is 56.7 Å². The molecule has 1 aliphatic heterocycles. The Hall–Kier alpha value is -2.50. The summed E-state index contributed by atoms with van der Waals surface area (Å²) in [5.74, 6) is 1.37. The van der Waals surface area contributed by atoms with Crippen LogP contribution in [0.3, 0.4) is 0 Å². The van der Waals surface area contributed by atoms with E-state index < -0.39 is 0 Å². The van der Waals surface area contributed by atoms with Gasteiger partial charge >= 0.3 is 0 Å².